The molecule has 0 saturated heterocycles. The number of unbranched alkanes of at least 4 members (excludes halogenated alkanes) is 1. The third-order valence-electron chi connectivity index (χ3n) is 5.58. The van der Waals surface area contributed by atoms with Gasteiger partial charge in [-0.15, -0.1) is 11.8 Å². The number of benzene rings is 3. The Labute approximate surface area is 232 Å². The summed E-state index contributed by atoms with van der Waals surface area (Å²) in [7, 11) is 0. The summed E-state index contributed by atoms with van der Waals surface area (Å²) in [5.41, 5.74) is 3.42. The van der Waals surface area contributed by atoms with Gasteiger partial charge in [-0.2, -0.15) is 12.6 Å². The molecule has 0 fully saturated rings. The van der Waals surface area contributed by atoms with Crippen LogP contribution in [0.1, 0.15) is 44.2 Å². The molecule has 1 aliphatic heterocycles. The highest BCUT2D eigenvalue weighted by Crippen LogP contribution is 2.41. The number of aliphatic hydroxyl groups excluding tert-OH is 1. The highest BCUT2D eigenvalue weighted by Gasteiger charge is 2.30. The molecule has 194 valence electrons. The fourth-order valence-corrected chi connectivity index (χ4v) is 4.79. The van der Waals surface area contributed by atoms with Gasteiger partial charge in [0.15, 0.2) is 11.6 Å². The number of aliphatic hydroxyl groups is 1. The van der Waals surface area contributed by atoms with E-state index in [0.717, 1.165) is 54.5 Å². The van der Waals surface area contributed by atoms with E-state index in [9.17, 15) is 0 Å². The summed E-state index contributed by atoms with van der Waals surface area (Å²) in [4.78, 5) is 3.62. The smallest absolute Gasteiger partial charge is 0.196 e. The van der Waals surface area contributed by atoms with Crippen molar-refractivity contribution in [3.8, 4) is 0 Å². The minimum absolute atomic E-state index is 0.384. The minimum Gasteiger partial charge on any atom is -0.512 e. The van der Waals surface area contributed by atoms with Crippen LogP contribution >= 0.6 is 24.4 Å². The predicted molar refractivity (Wildman–Crippen MR) is 163 cm³/mol. The van der Waals surface area contributed by atoms with Gasteiger partial charge >= 0.3 is 0 Å². The van der Waals surface area contributed by atoms with Crippen LogP contribution in [0, 0.1) is 0 Å². The quantitative estimate of drug-likeness (QED) is 0.155. The van der Waals surface area contributed by atoms with E-state index < -0.39 is 0 Å². The van der Waals surface area contributed by atoms with Crippen molar-refractivity contribution in [2.75, 3.05) is 18.1 Å². The Morgan fingerprint density at radius 3 is 2.05 bits per heavy atom. The molecular weight excluding hydrogens is 494 g/mol. The molecule has 1 aliphatic rings. The van der Waals surface area contributed by atoms with Crippen molar-refractivity contribution in [1.29, 1.82) is 0 Å². The first-order valence-electron chi connectivity index (χ1n) is 12.8. The first kappa shape index (κ1) is 28.5. The number of hydrogen-bond acceptors (Lipinski definition) is 5. The molecule has 0 saturated carbocycles. The zero-order chi connectivity index (χ0) is 26.3. The monoisotopic (exact) mass is 531 g/mol. The molecule has 1 heterocycles. The van der Waals surface area contributed by atoms with Gasteiger partial charge in [0.2, 0.25) is 0 Å². The Morgan fingerprint density at radius 2 is 1.49 bits per heavy atom. The van der Waals surface area contributed by atoms with E-state index in [4.69, 9.17) is 9.84 Å². The van der Waals surface area contributed by atoms with Crippen LogP contribution in [0.5, 0.6) is 0 Å². The van der Waals surface area contributed by atoms with Gasteiger partial charge in [0.25, 0.3) is 0 Å². The molecule has 0 spiro atoms. The fourth-order valence-electron chi connectivity index (χ4n) is 3.80. The van der Waals surface area contributed by atoms with Crippen molar-refractivity contribution >= 4 is 35.8 Å². The second-order valence-corrected chi connectivity index (χ2v) is 9.90. The van der Waals surface area contributed by atoms with Crippen LogP contribution in [0.4, 0.5) is 0 Å². The second kappa shape index (κ2) is 16.0. The normalized spacial score (nSPS) is 14.4. The van der Waals surface area contributed by atoms with Crippen molar-refractivity contribution < 1.29 is 9.84 Å². The minimum atomic E-state index is 0.384. The molecule has 37 heavy (non-hydrogen) atoms. The maximum Gasteiger partial charge on any atom is 0.196 e. The summed E-state index contributed by atoms with van der Waals surface area (Å²) in [6, 6.07) is 31.5. The maximum absolute atomic E-state index is 8.77. The van der Waals surface area contributed by atoms with E-state index in [1.54, 1.807) is 6.08 Å². The molecule has 0 atom stereocenters. The molecular formula is C32H37NO2S2. The average molecular weight is 532 g/mol. The summed E-state index contributed by atoms with van der Waals surface area (Å²) in [6.07, 6.45) is 6.94. The Balaban J connectivity index is 0.000000414. The van der Waals surface area contributed by atoms with Crippen LogP contribution in [0.3, 0.4) is 0 Å². The van der Waals surface area contributed by atoms with Crippen molar-refractivity contribution in [3.63, 3.8) is 0 Å². The van der Waals surface area contributed by atoms with E-state index in [1.165, 1.54) is 10.5 Å². The summed E-state index contributed by atoms with van der Waals surface area (Å²) >= 11 is 5.74. The summed E-state index contributed by atoms with van der Waals surface area (Å²) in [6.45, 7) is 5.10. The van der Waals surface area contributed by atoms with Gasteiger partial charge in [-0.05, 0) is 37.1 Å². The van der Waals surface area contributed by atoms with E-state index in [0.29, 0.717) is 11.5 Å². The lowest BCUT2D eigenvalue weighted by atomic mass is 10.1. The lowest BCUT2D eigenvalue weighted by Crippen LogP contribution is -2.21. The third kappa shape index (κ3) is 8.80. The van der Waals surface area contributed by atoms with Gasteiger partial charge in [0.05, 0.1) is 11.5 Å². The van der Waals surface area contributed by atoms with Gasteiger partial charge in [0, 0.05) is 34.1 Å². The number of ether oxygens (including phenoxy) is 1. The molecule has 0 amide bonds. The first-order valence-corrected chi connectivity index (χ1v) is 14.5. The lowest BCUT2D eigenvalue weighted by molar-refractivity contribution is 0.296. The van der Waals surface area contributed by atoms with Gasteiger partial charge < -0.3 is 14.7 Å². The van der Waals surface area contributed by atoms with Crippen LogP contribution in [0.25, 0.3) is 11.5 Å². The van der Waals surface area contributed by atoms with Crippen LogP contribution < -0.4 is 0 Å². The van der Waals surface area contributed by atoms with Gasteiger partial charge in [0.1, 0.15) is 0 Å². The molecule has 3 aromatic carbocycles. The van der Waals surface area contributed by atoms with E-state index in [-0.39, 0.29) is 0 Å². The van der Waals surface area contributed by atoms with Crippen LogP contribution in [-0.2, 0) is 4.74 Å². The molecule has 0 unspecified atom stereocenters. The van der Waals surface area contributed by atoms with Crippen molar-refractivity contribution in [3.05, 3.63) is 126 Å². The van der Waals surface area contributed by atoms with Gasteiger partial charge in [-0.3, -0.25) is 0 Å². The Bertz CT molecular complexity index is 1160. The molecule has 1 N–H and O–H groups in total. The number of hydrogen-bond donors (Lipinski definition) is 2. The van der Waals surface area contributed by atoms with Gasteiger partial charge in [-0.25, -0.2) is 0 Å². The standard InChI is InChI=1S/C26H25NOS.C6H12OS/c1-2-12-24-27(19-20-29-23-17-10-5-11-18-23)25(21-13-6-3-7-14-21)26(28-24)22-15-8-4-9-16-22;1-2-3-4-6(7)5-8/h3-18H,2,19-20H2,1H3;4,7-8H,2-3,5H2,1H3/b24-12+;. The average Bonchev–Trinajstić information content (AvgIpc) is 3.31. The summed E-state index contributed by atoms with van der Waals surface area (Å²) in [5.74, 6) is 3.68. The molecule has 0 bridgehead atoms. The number of allylic oxidation sites excluding steroid dienone is 2. The summed E-state index contributed by atoms with van der Waals surface area (Å²) in [5, 5.41) is 8.77. The Kier molecular flexibility index (Phi) is 12.3. The van der Waals surface area contributed by atoms with Crippen LogP contribution in [0.2, 0.25) is 0 Å². The molecule has 5 heteroatoms. The largest absolute Gasteiger partial charge is 0.512 e. The lowest BCUT2D eigenvalue weighted by Gasteiger charge is -2.21. The Morgan fingerprint density at radius 1 is 0.892 bits per heavy atom. The van der Waals surface area contributed by atoms with E-state index >= 15 is 0 Å². The van der Waals surface area contributed by atoms with Crippen molar-refractivity contribution in [2.24, 2.45) is 0 Å². The second-order valence-electron chi connectivity index (χ2n) is 8.42. The third-order valence-corrected chi connectivity index (χ3v) is 6.89. The first-order chi connectivity index (χ1) is 18.2. The predicted octanol–water partition coefficient (Wildman–Crippen LogP) is 9.05. The number of thiol groups is 1. The van der Waals surface area contributed by atoms with Crippen molar-refractivity contribution in [2.45, 2.75) is 38.0 Å². The van der Waals surface area contributed by atoms with Crippen molar-refractivity contribution in [1.82, 2.24) is 4.90 Å². The molecule has 0 aromatic heterocycles. The SMILES string of the molecule is CC/C=C1/OC(c2ccccc2)=C(c2ccccc2)N1CCSc1ccccc1.CCCC=C(O)CS. The van der Waals surface area contributed by atoms with Crippen LogP contribution in [0.15, 0.2) is 120 Å². The van der Waals surface area contributed by atoms with Crippen LogP contribution in [-0.4, -0.2) is 28.1 Å². The molecule has 0 radical (unpaired) electrons. The number of rotatable bonds is 10. The highest BCUT2D eigenvalue weighted by atomic mass is 32.2. The van der Waals surface area contributed by atoms with Gasteiger partial charge in [-0.1, -0.05) is 99.1 Å². The molecule has 4 rings (SSSR count). The fraction of sp³-hybridized carbons (Fsp3) is 0.250. The molecule has 3 aromatic rings. The summed E-state index contributed by atoms with van der Waals surface area (Å²) < 4.78 is 6.43. The number of thioether (sulfide) groups is 1. The highest BCUT2D eigenvalue weighted by molar-refractivity contribution is 7.99. The maximum atomic E-state index is 8.77. The number of nitrogens with zero attached hydrogens (tertiary/aromatic N) is 1. The Hall–Kier alpha value is -3.02. The van der Waals surface area contributed by atoms with E-state index in [2.05, 4.69) is 122 Å². The zero-order valence-electron chi connectivity index (χ0n) is 21.7. The molecule has 0 aliphatic carbocycles. The molecule has 3 nitrogen and oxygen atoms in total. The van der Waals surface area contributed by atoms with E-state index in [1.807, 2.05) is 17.8 Å². The zero-order valence-corrected chi connectivity index (χ0v) is 23.4. The topological polar surface area (TPSA) is 32.7 Å².